The number of benzene rings is 1. The molecule has 6 nitrogen and oxygen atoms in total. The summed E-state index contributed by atoms with van der Waals surface area (Å²) in [5.41, 5.74) is 1.65. The van der Waals surface area contributed by atoms with E-state index in [1.807, 2.05) is 41.8 Å². The van der Waals surface area contributed by atoms with Crippen LogP contribution < -0.4 is 4.74 Å². The van der Waals surface area contributed by atoms with Gasteiger partial charge in [0.05, 0.1) is 30.2 Å². The van der Waals surface area contributed by atoms with Crippen LogP contribution in [0, 0.1) is 23.7 Å². The third-order valence-corrected chi connectivity index (χ3v) is 7.39. The minimum Gasteiger partial charge on any atom is -0.497 e. The van der Waals surface area contributed by atoms with Crippen LogP contribution in [0.4, 0.5) is 0 Å². The van der Waals surface area contributed by atoms with E-state index in [2.05, 4.69) is 21.7 Å². The Morgan fingerprint density at radius 1 is 1.28 bits per heavy atom. The number of methoxy groups -OCH3 is 1. The number of hydrogen-bond acceptors (Lipinski definition) is 6. The first-order valence-electron chi connectivity index (χ1n) is 11.6. The van der Waals surface area contributed by atoms with Gasteiger partial charge in [-0.25, -0.2) is 0 Å². The summed E-state index contributed by atoms with van der Waals surface area (Å²) in [6.45, 7) is 2.27. The van der Waals surface area contributed by atoms with Gasteiger partial charge in [-0.2, -0.15) is 0 Å². The van der Waals surface area contributed by atoms with Crippen molar-refractivity contribution in [2.24, 2.45) is 11.8 Å². The smallest absolute Gasteiger partial charge is 0.303 e. The number of aliphatic hydroxyl groups is 1. The predicted octanol–water partition coefficient (Wildman–Crippen LogP) is 5.43. The zero-order valence-electron chi connectivity index (χ0n) is 20.1. The highest BCUT2D eigenvalue weighted by Gasteiger charge is 2.31. The molecule has 2 aromatic heterocycles. The molecule has 0 radical (unpaired) electrons. The van der Waals surface area contributed by atoms with Crippen molar-refractivity contribution in [3.8, 4) is 17.6 Å². The summed E-state index contributed by atoms with van der Waals surface area (Å²) in [6, 6.07) is 11.5. The van der Waals surface area contributed by atoms with Crippen LogP contribution in [0.15, 0.2) is 48.0 Å². The van der Waals surface area contributed by atoms with E-state index in [1.165, 1.54) is 0 Å². The molecule has 194 valence electrons. The number of nitrogens with zero attached hydrogens (tertiary/aromatic N) is 2. The monoisotopic (exact) mass is 550 g/mol. The molecule has 1 aliphatic heterocycles. The fraction of sp³-hybridized carbons (Fsp3) is 0.407. The Hall–Kier alpha value is -2.34. The van der Waals surface area contributed by atoms with Gasteiger partial charge in [-0.15, -0.1) is 36.2 Å². The van der Waals surface area contributed by atoms with Gasteiger partial charge in [0.2, 0.25) is 0 Å². The Balaban J connectivity index is 0.00000228. The van der Waals surface area contributed by atoms with Crippen molar-refractivity contribution in [2.75, 3.05) is 26.7 Å². The molecular weight excluding hydrogens is 519 g/mol. The van der Waals surface area contributed by atoms with E-state index >= 15 is 0 Å². The first-order chi connectivity index (χ1) is 16.5. The van der Waals surface area contributed by atoms with E-state index in [1.54, 1.807) is 24.6 Å². The van der Waals surface area contributed by atoms with Gasteiger partial charge in [-0.05, 0) is 78.9 Å². The largest absolute Gasteiger partial charge is 0.497 e. The van der Waals surface area contributed by atoms with E-state index in [9.17, 15) is 15.0 Å². The van der Waals surface area contributed by atoms with E-state index in [-0.39, 0.29) is 43.1 Å². The maximum absolute atomic E-state index is 11.5. The number of piperidine rings is 1. The molecule has 0 saturated carbocycles. The molecule has 0 amide bonds. The topological polar surface area (TPSA) is 82.9 Å². The van der Waals surface area contributed by atoms with Crippen LogP contribution in [0.5, 0.6) is 5.75 Å². The Kier molecular flexibility index (Phi) is 12.0. The van der Waals surface area contributed by atoms with Crippen molar-refractivity contribution in [1.29, 1.82) is 0 Å². The lowest BCUT2D eigenvalue weighted by molar-refractivity contribution is -0.139. The summed E-state index contributed by atoms with van der Waals surface area (Å²) in [5.74, 6) is 6.68. The van der Waals surface area contributed by atoms with Crippen molar-refractivity contribution in [1.82, 2.24) is 9.88 Å². The van der Waals surface area contributed by atoms with Crippen LogP contribution in [0.1, 0.15) is 42.2 Å². The Morgan fingerprint density at radius 3 is 2.83 bits per heavy atom. The Bertz CT molecular complexity index is 1180. The summed E-state index contributed by atoms with van der Waals surface area (Å²) in [7, 11) is 1.62. The fourth-order valence-electron chi connectivity index (χ4n) is 4.81. The van der Waals surface area contributed by atoms with Gasteiger partial charge in [0.25, 0.3) is 0 Å². The number of pyridine rings is 1. The molecule has 2 N–H and O–H groups in total. The standard InChI is InChI=1S/C27H30N2O4S.2ClH/c1-33-21-7-8-25-24(17-21)23(10-12-28-25)26(30)9-6-19-11-14-29(18-20(19)16-27(31)32)13-2-4-22-5-3-15-34-22;;/h3,5,7-8,10,12,15,17,19-20,26,30H,6,9,11,13-14,16,18H2,1H3,(H,31,32);2*1H/t19-,20+,26-;;/m1../s1. The molecule has 0 aliphatic carbocycles. The van der Waals surface area contributed by atoms with E-state index in [4.69, 9.17) is 4.74 Å². The molecule has 1 aromatic carbocycles. The molecule has 3 heterocycles. The minimum atomic E-state index is -0.769. The number of rotatable bonds is 8. The predicted molar refractivity (Wildman–Crippen MR) is 148 cm³/mol. The van der Waals surface area contributed by atoms with Gasteiger partial charge in [-0.3, -0.25) is 14.7 Å². The van der Waals surface area contributed by atoms with Gasteiger partial charge < -0.3 is 14.9 Å². The molecule has 3 atom stereocenters. The molecule has 1 aliphatic rings. The number of aliphatic hydroxyl groups excluding tert-OH is 1. The first kappa shape index (κ1) is 29.9. The molecule has 3 aromatic rings. The molecule has 1 fully saturated rings. The molecule has 0 bridgehead atoms. The van der Waals surface area contributed by atoms with Crippen LogP contribution in [-0.2, 0) is 4.79 Å². The number of halogens is 2. The van der Waals surface area contributed by atoms with Gasteiger partial charge in [0, 0.05) is 24.5 Å². The van der Waals surface area contributed by atoms with Crippen molar-refractivity contribution >= 4 is 53.0 Å². The lowest BCUT2D eigenvalue weighted by Crippen LogP contribution is -2.41. The number of aromatic nitrogens is 1. The van der Waals surface area contributed by atoms with Crippen LogP contribution in [0.2, 0.25) is 0 Å². The maximum Gasteiger partial charge on any atom is 0.303 e. The van der Waals surface area contributed by atoms with Crippen molar-refractivity contribution in [2.45, 2.75) is 31.8 Å². The second-order valence-corrected chi connectivity index (χ2v) is 9.74. The molecule has 1 saturated heterocycles. The number of carboxylic acids is 1. The third kappa shape index (κ3) is 7.83. The molecule has 36 heavy (non-hydrogen) atoms. The molecule has 9 heteroatoms. The van der Waals surface area contributed by atoms with Gasteiger partial charge in [0.15, 0.2) is 0 Å². The van der Waals surface area contributed by atoms with Crippen molar-refractivity contribution < 1.29 is 19.7 Å². The molecular formula is C27H32Cl2N2O4S. The summed E-state index contributed by atoms with van der Waals surface area (Å²) in [6.07, 6.45) is 3.49. The number of ether oxygens (including phenoxy) is 1. The highest BCUT2D eigenvalue weighted by molar-refractivity contribution is 7.10. The third-order valence-electron chi connectivity index (χ3n) is 6.60. The van der Waals surface area contributed by atoms with Crippen molar-refractivity contribution in [3.05, 3.63) is 58.4 Å². The number of hydrogen-bond donors (Lipinski definition) is 2. The zero-order chi connectivity index (χ0) is 23.9. The lowest BCUT2D eigenvalue weighted by atomic mass is 9.79. The van der Waals surface area contributed by atoms with Crippen LogP contribution in [0.25, 0.3) is 10.9 Å². The quantitative estimate of drug-likeness (QED) is 0.364. The van der Waals surface area contributed by atoms with Crippen LogP contribution >= 0.6 is 36.2 Å². The van der Waals surface area contributed by atoms with Gasteiger partial charge in [0.1, 0.15) is 5.75 Å². The maximum atomic E-state index is 11.5. The Morgan fingerprint density at radius 2 is 2.11 bits per heavy atom. The molecule has 4 rings (SSSR count). The van der Waals surface area contributed by atoms with Crippen LogP contribution in [-0.4, -0.2) is 52.8 Å². The first-order valence-corrected chi connectivity index (χ1v) is 12.5. The zero-order valence-corrected chi connectivity index (χ0v) is 22.6. The Labute approximate surface area is 228 Å². The highest BCUT2D eigenvalue weighted by atomic mass is 35.5. The number of carboxylic acid groups (broad SMARTS) is 1. The fourth-order valence-corrected chi connectivity index (χ4v) is 5.41. The summed E-state index contributed by atoms with van der Waals surface area (Å²) >= 11 is 1.62. The van der Waals surface area contributed by atoms with E-state index in [0.29, 0.717) is 13.0 Å². The average molecular weight is 552 g/mol. The highest BCUT2D eigenvalue weighted by Crippen LogP contribution is 2.34. The second kappa shape index (κ2) is 14.4. The second-order valence-electron chi connectivity index (χ2n) is 8.80. The van der Waals surface area contributed by atoms with E-state index in [0.717, 1.165) is 53.0 Å². The summed E-state index contributed by atoms with van der Waals surface area (Å²) < 4.78 is 5.34. The normalized spacial score (nSPS) is 18.3. The average Bonchev–Trinajstić information content (AvgIpc) is 3.36. The number of likely N-dealkylation sites (tertiary alicyclic amines) is 1. The van der Waals surface area contributed by atoms with Gasteiger partial charge >= 0.3 is 5.97 Å². The lowest BCUT2D eigenvalue weighted by Gasteiger charge is -2.37. The summed E-state index contributed by atoms with van der Waals surface area (Å²) in [5, 5.41) is 23.4. The number of thiophene rings is 1. The van der Waals surface area contributed by atoms with Crippen molar-refractivity contribution in [3.63, 3.8) is 0 Å². The summed E-state index contributed by atoms with van der Waals surface area (Å²) in [4.78, 5) is 19.2. The number of aliphatic carboxylic acids is 1. The van der Waals surface area contributed by atoms with Gasteiger partial charge in [-0.1, -0.05) is 17.9 Å². The minimum absolute atomic E-state index is 0. The van der Waals surface area contributed by atoms with Crippen LogP contribution in [0.3, 0.4) is 0 Å². The molecule has 0 unspecified atom stereocenters. The molecule has 0 spiro atoms. The van der Waals surface area contributed by atoms with E-state index < -0.39 is 12.1 Å². The number of carbonyl (C=O) groups is 1. The number of fused-ring (bicyclic) bond motifs is 1. The SMILES string of the molecule is COc1ccc2nccc([C@H](O)CC[C@@H]3CCN(CC#Cc4cccs4)C[C@@H]3CC(=O)O)c2c1.Cl.Cl.